The summed E-state index contributed by atoms with van der Waals surface area (Å²) >= 11 is 0. The van der Waals surface area contributed by atoms with Crippen molar-refractivity contribution < 1.29 is 18.7 Å². The predicted molar refractivity (Wildman–Crippen MR) is 82.9 cm³/mol. The van der Waals surface area contributed by atoms with Crippen LogP contribution in [0, 0.1) is 11.6 Å². The standard InChI is InChI=1S/C18H23F2NO2/c19-15-4-3-14(11-16(15)20)13-5-9-21(10-6-13)17(22)12-18(23)7-1-2-8-18/h3-4,11,13,23H,1-2,5-10,12H2. The Kier molecular flexibility index (Phi) is 4.67. The van der Waals surface area contributed by atoms with Crippen LogP contribution >= 0.6 is 0 Å². The van der Waals surface area contributed by atoms with Crippen molar-refractivity contribution >= 4 is 5.91 Å². The molecule has 23 heavy (non-hydrogen) atoms. The summed E-state index contributed by atoms with van der Waals surface area (Å²) in [6.45, 7) is 1.22. The van der Waals surface area contributed by atoms with Gasteiger partial charge in [0.1, 0.15) is 0 Å². The number of likely N-dealkylation sites (tertiary alicyclic amines) is 1. The average molecular weight is 323 g/mol. The van der Waals surface area contributed by atoms with Crippen molar-refractivity contribution in [2.45, 2.75) is 56.5 Å². The summed E-state index contributed by atoms with van der Waals surface area (Å²) in [6, 6.07) is 4.05. The number of benzene rings is 1. The van der Waals surface area contributed by atoms with Gasteiger partial charge in [0.2, 0.25) is 5.91 Å². The quantitative estimate of drug-likeness (QED) is 0.926. The molecular formula is C18H23F2NO2. The molecule has 3 rings (SSSR count). The van der Waals surface area contributed by atoms with Crippen LogP contribution in [0.3, 0.4) is 0 Å². The maximum atomic E-state index is 13.3. The first-order valence-corrected chi connectivity index (χ1v) is 8.42. The fourth-order valence-corrected chi connectivity index (χ4v) is 3.83. The van der Waals surface area contributed by atoms with Gasteiger partial charge in [-0.3, -0.25) is 4.79 Å². The van der Waals surface area contributed by atoms with Gasteiger partial charge >= 0.3 is 0 Å². The number of hydrogen-bond donors (Lipinski definition) is 1. The number of carbonyl (C=O) groups excluding carboxylic acids is 1. The van der Waals surface area contributed by atoms with Crippen molar-refractivity contribution in [1.82, 2.24) is 4.90 Å². The van der Waals surface area contributed by atoms with Gasteiger partial charge in [-0.25, -0.2) is 8.78 Å². The SMILES string of the molecule is O=C(CC1(O)CCCC1)N1CCC(c2ccc(F)c(F)c2)CC1. The smallest absolute Gasteiger partial charge is 0.225 e. The summed E-state index contributed by atoms with van der Waals surface area (Å²) in [4.78, 5) is 14.2. The van der Waals surface area contributed by atoms with Gasteiger partial charge in [-0.15, -0.1) is 0 Å². The van der Waals surface area contributed by atoms with E-state index in [1.807, 2.05) is 0 Å². The highest BCUT2D eigenvalue weighted by atomic mass is 19.2. The average Bonchev–Trinajstić information content (AvgIpc) is 2.96. The maximum Gasteiger partial charge on any atom is 0.225 e. The molecule has 126 valence electrons. The highest BCUT2D eigenvalue weighted by Crippen LogP contribution is 2.34. The molecule has 3 nitrogen and oxygen atoms in total. The van der Waals surface area contributed by atoms with Gasteiger partial charge in [0.25, 0.3) is 0 Å². The van der Waals surface area contributed by atoms with Crippen molar-refractivity contribution in [3.8, 4) is 0 Å². The normalized spacial score (nSPS) is 21.6. The molecule has 1 aromatic rings. The summed E-state index contributed by atoms with van der Waals surface area (Å²) in [6.07, 6.45) is 5.10. The first-order valence-electron chi connectivity index (χ1n) is 8.42. The van der Waals surface area contributed by atoms with Crippen molar-refractivity contribution in [2.24, 2.45) is 0 Å². The highest BCUT2D eigenvalue weighted by molar-refractivity contribution is 5.77. The minimum atomic E-state index is -0.828. The number of carbonyl (C=O) groups is 1. The Labute approximate surface area is 135 Å². The first kappa shape index (κ1) is 16.4. The van der Waals surface area contributed by atoms with Gasteiger partial charge in [0.05, 0.1) is 12.0 Å². The van der Waals surface area contributed by atoms with Crippen LogP contribution in [0.1, 0.15) is 56.4 Å². The van der Waals surface area contributed by atoms with E-state index in [1.165, 1.54) is 6.07 Å². The lowest BCUT2D eigenvalue weighted by molar-refractivity contribution is -0.137. The molecule has 1 saturated carbocycles. The molecule has 1 saturated heterocycles. The monoisotopic (exact) mass is 323 g/mol. The lowest BCUT2D eigenvalue weighted by Gasteiger charge is -2.34. The largest absolute Gasteiger partial charge is 0.389 e. The molecule has 1 N–H and O–H groups in total. The Bertz CT molecular complexity index is 576. The van der Waals surface area contributed by atoms with Gasteiger partial charge in [0.15, 0.2) is 11.6 Å². The molecule has 0 bridgehead atoms. The highest BCUT2D eigenvalue weighted by Gasteiger charge is 2.35. The van der Waals surface area contributed by atoms with Crippen LogP contribution in [0.4, 0.5) is 8.78 Å². The number of hydrogen-bond acceptors (Lipinski definition) is 2. The van der Waals surface area contributed by atoms with Gasteiger partial charge in [0, 0.05) is 13.1 Å². The molecule has 2 aliphatic rings. The van der Waals surface area contributed by atoms with Crippen LogP contribution in [0.25, 0.3) is 0 Å². The molecule has 0 unspecified atom stereocenters. The summed E-state index contributed by atoms with van der Waals surface area (Å²) in [5.74, 6) is -1.47. The topological polar surface area (TPSA) is 40.5 Å². The second-order valence-electron chi connectivity index (χ2n) is 6.94. The van der Waals surface area contributed by atoms with E-state index in [9.17, 15) is 18.7 Å². The lowest BCUT2D eigenvalue weighted by Crippen LogP contribution is -2.42. The molecule has 1 heterocycles. The molecule has 0 atom stereocenters. The van der Waals surface area contributed by atoms with E-state index in [-0.39, 0.29) is 18.2 Å². The lowest BCUT2D eigenvalue weighted by atomic mass is 9.88. The maximum absolute atomic E-state index is 13.3. The first-order chi connectivity index (χ1) is 11.0. The van der Waals surface area contributed by atoms with Crippen molar-refractivity contribution in [3.05, 3.63) is 35.4 Å². The zero-order valence-electron chi connectivity index (χ0n) is 13.2. The van der Waals surface area contributed by atoms with E-state index in [2.05, 4.69) is 0 Å². The molecular weight excluding hydrogens is 300 g/mol. The third kappa shape index (κ3) is 3.71. The number of rotatable bonds is 3. The molecule has 1 aliphatic heterocycles. The molecule has 2 fully saturated rings. The van der Waals surface area contributed by atoms with Crippen molar-refractivity contribution in [3.63, 3.8) is 0 Å². The van der Waals surface area contributed by atoms with Crippen LogP contribution in [0.15, 0.2) is 18.2 Å². The third-order valence-corrected chi connectivity index (χ3v) is 5.28. The Morgan fingerprint density at radius 2 is 1.83 bits per heavy atom. The molecule has 1 amide bonds. The molecule has 0 radical (unpaired) electrons. The molecule has 1 aromatic carbocycles. The van der Waals surface area contributed by atoms with E-state index >= 15 is 0 Å². The van der Waals surface area contributed by atoms with Crippen LogP contribution in [-0.4, -0.2) is 34.6 Å². The Hall–Kier alpha value is -1.49. The van der Waals surface area contributed by atoms with E-state index in [0.717, 1.165) is 37.3 Å². The number of aliphatic hydroxyl groups is 1. The molecule has 0 spiro atoms. The Morgan fingerprint density at radius 3 is 2.43 bits per heavy atom. The minimum Gasteiger partial charge on any atom is -0.389 e. The summed E-state index contributed by atoms with van der Waals surface area (Å²) in [5, 5.41) is 10.4. The summed E-state index contributed by atoms with van der Waals surface area (Å²) in [7, 11) is 0. The Morgan fingerprint density at radius 1 is 1.17 bits per heavy atom. The van der Waals surface area contributed by atoms with Crippen LogP contribution in [0.5, 0.6) is 0 Å². The van der Waals surface area contributed by atoms with E-state index in [1.54, 1.807) is 11.0 Å². The third-order valence-electron chi connectivity index (χ3n) is 5.28. The van der Waals surface area contributed by atoms with E-state index < -0.39 is 17.2 Å². The van der Waals surface area contributed by atoms with Crippen molar-refractivity contribution in [2.75, 3.05) is 13.1 Å². The summed E-state index contributed by atoms with van der Waals surface area (Å²) in [5.41, 5.74) is -0.0148. The zero-order valence-corrected chi connectivity index (χ0v) is 13.2. The second kappa shape index (κ2) is 6.56. The number of halogens is 2. The van der Waals surface area contributed by atoms with Gasteiger partial charge in [-0.2, -0.15) is 0 Å². The molecule has 1 aliphatic carbocycles. The Balaban J connectivity index is 1.55. The fourth-order valence-electron chi connectivity index (χ4n) is 3.83. The van der Waals surface area contributed by atoms with Gasteiger partial charge in [-0.05, 0) is 49.3 Å². The zero-order chi connectivity index (χ0) is 16.4. The van der Waals surface area contributed by atoms with Crippen molar-refractivity contribution in [1.29, 1.82) is 0 Å². The molecule has 5 heteroatoms. The van der Waals surface area contributed by atoms with Crippen LogP contribution in [-0.2, 0) is 4.79 Å². The number of piperidine rings is 1. The van der Waals surface area contributed by atoms with Crippen LogP contribution in [0.2, 0.25) is 0 Å². The molecule has 0 aromatic heterocycles. The van der Waals surface area contributed by atoms with Gasteiger partial charge in [-0.1, -0.05) is 18.9 Å². The van der Waals surface area contributed by atoms with E-state index in [0.29, 0.717) is 25.9 Å². The fraction of sp³-hybridized carbons (Fsp3) is 0.611. The number of amides is 1. The van der Waals surface area contributed by atoms with Crippen LogP contribution < -0.4 is 0 Å². The summed E-state index contributed by atoms with van der Waals surface area (Å²) < 4.78 is 26.4. The second-order valence-corrected chi connectivity index (χ2v) is 6.94. The van der Waals surface area contributed by atoms with E-state index in [4.69, 9.17) is 0 Å². The predicted octanol–water partition coefficient (Wildman–Crippen LogP) is 3.37. The minimum absolute atomic E-state index is 0.0122. The number of nitrogens with zero attached hydrogens (tertiary/aromatic N) is 1. The van der Waals surface area contributed by atoms with Gasteiger partial charge < -0.3 is 10.0 Å².